The fraction of sp³-hybridized carbons (Fsp3) is 0.778. The fourth-order valence-corrected chi connectivity index (χ4v) is 7.56. The number of hydrogen-bond acceptors (Lipinski definition) is 5. The summed E-state index contributed by atoms with van der Waals surface area (Å²) in [5, 5.41) is 0. The van der Waals surface area contributed by atoms with Gasteiger partial charge in [0.1, 0.15) is 12.7 Å². The molecule has 0 amide bonds. The van der Waals surface area contributed by atoms with Crippen molar-refractivity contribution in [1.82, 2.24) is 0 Å². The molecule has 2 aliphatic heterocycles. The Balaban J connectivity index is 1.50. The van der Waals surface area contributed by atoms with E-state index >= 15 is 0 Å². The quantitative estimate of drug-likeness (QED) is 0.421. The van der Waals surface area contributed by atoms with Crippen LogP contribution in [0.1, 0.15) is 86.0 Å². The van der Waals surface area contributed by atoms with Gasteiger partial charge in [-0.25, -0.2) is 4.79 Å². The van der Waals surface area contributed by atoms with Crippen LogP contribution in [0.5, 0.6) is 0 Å². The van der Waals surface area contributed by atoms with E-state index < -0.39 is 6.10 Å². The van der Waals surface area contributed by atoms with Crippen molar-refractivity contribution in [2.45, 2.75) is 97.7 Å². The number of cyclic esters (lactones) is 1. The van der Waals surface area contributed by atoms with E-state index in [9.17, 15) is 9.59 Å². The molecule has 0 spiro atoms. The molecule has 2 heterocycles. The standard InChI is InChI=1S/C27H40O5/c1-18(28)32-21(20-15-24(29)30-17-20)9-7-19-8-10-23-26(4)13-6-12-25(2,3)22(26)11-14-27(23,5)31-16-19/h7,15,21-23H,6,8-14,16-17H2,1-5H3/b19-7-/t21-,22-,23+,26-,27+/m0/s1. The van der Waals surface area contributed by atoms with Gasteiger partial charge in [0.25, 0.3) is 0 Å². The molecule has 5 atom stereocenters. The van der Waals surface area contributed by atoms with E-state index in [4.69, 9.17) is 14.2 Å². The van der Waals surface area contributed by atoms with Gasteiger partial charge in [-0.05, 0) is 73.7 Å². The normalized spacial score (nSPS) is 38.7. The first-order chi connectivity index (χ1) is 15.0. The van der Waals surface area contributed by atoms with E-state index in [0.717, 1.165) is 30.8 Å². The topological polar surface area (TPSA) is 61.8 Å². The lowest BCUT2D eigenvalue weighted by atomic mass is 9.45. The van der Waals surface area contributed by atoms with Crippen molar-refractivity contribution < 1.29 is 23.8 Å². The summed E-state index contributed by atoms with van der Waals surface area (Å²) in [5.41, 5.74) is 2.68. The molecule has 4 rings (SSSR count). The number of ether oxygens (including phenoxy) is 3. The van der Waals surface area contributed by atoms with Crippen LogP contribution in [-0.2, 0) is 23.8 Å². The van der Waals surface area contributed by atoms with Gasteiger partial charge in [-0.15, -0.1) is 0 Å². The molecule has 32 heavy (non-hydrogen) atoms. The van der Waals surface area contributed by atoms with Crippen molar-refractivity contribution in [1.29, 1.82) is 0 Å². The Morgan fingerprint density at radius 2 is 1.94 bits per heavy atom. The van der Waals surface area contributed by atoms with E-state index in [1.807, 2.05) is 0 Å². The molecule has 4 aliphatic rings. The molecule has 0 unspecified atom stereocenters. The third kappa shape index (κ3) is 4.42. The number of rotatable bonds is 4. The van der Waals surface area contributed by atoms with Crippen molar-refractivity contribution >= 4 is 11.9 Å². The molecule has 2 aliphatic carbocycles. The Morgan fingerprint density at radius 1 is 1.16 bits per heavy atom. The molecule has 2 saturated carbocycles. The summed E-state index contributed by atoms with van der Waals surface area (Å²) in [6.07, 6.45) is 12.2. The predicted octanol–water partition coefficient (Wildman–Crippen LogP) is 5.53. The second-order valence-corrected chi connectivity index (χ2v) is 11.7. The van der Waals surface area contributed by atoms with Crippen LogP contribution in [0, 0.1) is 22.7 Å². The molecule has 0 aromatic carbocycles. The molecule has 0 aromatic heterocycles. The second-order valence-electron chi connectivity index (χ2n) is 11.7. The summed E-state index contributed by atoms with van der Waals surface area (Å²) in [6.45, 7) is 12.1. The summed E-state index contributed by atoms with van der Waals surface area (Å²) >= 11 is 0. The van der Waals surface area contributed by atoms with E-state index in [1.54, 1.807) is 0 Å². The maximum Gasteiger partial charge on any atom is 0.331 e. The zero-order valence-electron chi connectivity index (χ0n) is 20.5. The lowest BCUT2D eigenvalue weighted by molar-refractivity contribution is -0.183. The first-order valence-corrected chi connectivity index (χ1v) is 12.4. The minimum Gasteiger partial charge on any atom is -0.458 e. The van der Waals surface area contributed by atoms with Crippen LogP contribution in [0.2, 0.25) is 0 Å². The van der Waals surface area contributed by atoms with Crippen LogP contribution in [-0.4, -0.2) is 36.9 Å². The summed E-state index contributed by atoms with van der Waals surface area (Å²) in [6, 6.07) is 0. The van der Waals surface area contributed by atoms with Gasteiger partial charge in [-0.1, -0.05) is 33.3 Å². The van der Waals surface area contributed by atoms with Crippen LogP contribution >= 0.6 is 0 Å². The molecular weight excluding hydrogens is 404 g/mol. The average molecular weight is 445 g/mol. The largest absolute Gasteiger partial charge is 0.458 e. The maximum atomic E-state index is 11.6. The Hall–Kier alpha value is -1.62. The van der Waals surface area contributed by atoms with Crippen LogP contribution in [0.25, 0.3) is 0 Å². The van der Waals surface area contributed by atoms with Gasteiger partial charge in [0, 0.05) is 25.0 Å². The Bertz CT molecular complexity index is 824. The molecule has 0 bridgehead atoms. The zero-order chi connectivity index (χ0) is 23.1. The smallest absolute Gasteiger partial charge is 0.331 e. The molecule has 5 heteroatoms. The minimum absolute atomic E-state index is 0.0716. The predicted molar refractivity (Wildman–Crippen MR) is 123 cm³/mol. The average Bonchev–Trinajstić information content (AvgIpc) is 3.04. The minimum atomic E-state index is -0.450. The van der Waals surface area contributed by atoms with Gasteiger partial charge in [-0.3, -0.25) is 4.79 Å². The highest BCUT2D eigenvalue weighted by molar-refractivity contribution is 5.85. The van der Waals surface area contributed by atoms with Crippen molar-refractivity contribution in [3.05, 3.63) is 23.3 Å². The van der Waals surface area contributed by atoms with E-state index in [0.29, 0.717) is 29.8 Å². The van der Waals surface area contributed by atoms with E-state index in [-0.39, 0.29) is 24.1 Å². The lowest BCUT2D eigenvalue weighted by Gasteiger charge is -2.62. The molecule has 178 valence electrons. The van der Waals surface area contributed by atoms with Crippen molar-refractivity contribution in [3.63, 3.8) is 0 Å². The van der Waals surface area contributed by atoms with Gasteiger partial charge >= 0.3 is 11.9 Å². The Labute approximate surface area is 192 Å². The van der Waals surface area contributed by atoms with Gasteiger partial charge in [0.15, 0.2) is 0 Å². The van der Waals surface area contributed by atoms with Crippen LogP contribution in [0.3, 0.4) is 0 Å². The van der Waals surface area contributed by atoms with Crippen LogP contribution < -0.4 is 0 Å². The maximum absolute atomic E-state index is 11.6. The van der Waals surface area contributed by atoms with Crippen molar-refractivity contribution in [2.24, 2.45) is 22.7 Å². The summed E-state index contributed by atoms with van der Waals surface area (Å²) in [4.78, 5) is 23.1. The molecule has 5 nitrogen and oxygen atoms in total. The monoisotopic (exact) mass is 444 g/mol. The second kappa shape index (κ2) is 8.62. The number of carbonyl (C=O) groups excluding carboxylic acids is 2. The molecule has 0 radical (unpaired) electrons. The Morgan fingerprint density at radius 3 is 2.62 bits per heavy atom. The summed E-state index contributed by atoms with van der Waals surface area (Å²) in [5.74, 6) is 0.615. The molecular formula is C27H40O5. The van der Waals surface area contributed by atoms with Crippen LogP contribution in [0.15, 0.2) is 23.3 Å². The summed E-state index contributed by atoms with van der Waals surface area (Å²) in [7, 11) is 0. The van der Waals surface area contributed by atoms with Gasteiger partial charge in [0.2, 0.25) is 0 Å². The first kappa shape index (κ1) is 23.5. The SMILES string of the molecule is CC(=O)O[C@@H](C/C=C1/CC[C@@H]2[C@@]3(C)CCCC(C)(C)[C@@H]3CC[C@@]2(C)OC1)C1=CC(=O)OC1. The highest BCUT2D eigenvalue weighted by Gasteiger charge is 2.58. The zero-order valence-corrected chi connectivity index (χ0v) is 20.5. The van der Waals surface area contributed by atoms with Gasteiger partial charge in [0.05, 0.1) is 12.2 Å². The number of fused-ring (bicyclic) bond motifs is 3. The molecule has 3 fully saturated rings. The lowest BCUT2D eigenvalue weighted by Crippen LogP contribution is -2.57. The van der Waals surface area contributed by atoms with E-state index in [2.05, 4.69) is 33.8 Å². The van der Waals surface area contributed by atoms with Gasteiger partial charge in [-0.2, -0.15) is 0 Å². The Kier molecular flexibility index (Phi) is 6.34. The highest BCUT2D eigenvalue weighted by atomic mass is 16.6. The fourth-order valence-electron chi connectivity index (χ4n) is 7.56. The van der Waals surface area contributed by atoms with Crippen molar-refractivity contribution in [3.8, 4) is 0 Å². The highest BCUT2D eigenvalue weighted by Crippen LogP contribution is 2.64. The van der Waals surface area contributed by atoms with E-state index in [1.165, 1.54) is 44.3 Å². The molecule has 0 aromatic rings. The van der Waals surface area contributed by atoms with Crippen LogP contribution in [0.4, 0.5) is 0 Å². The number of esters is 2. The van der Waals surface area contributed by atoms with Gasteiger partial charge < -0.3 is 14.2 Å². The van der Waals surface area contributed by atoms with Crippen molar-refractivity contribution in [2.75, 3.05) is 13.2 Å². The third-order valence-corrected chi connectivity index (χ3v) is 9.11. The number of carbonyl (C=O) groups is 2. The number of hydrogen-bond donors (Lipinski definition) is 0. The first-order valence-electron chi connectivity index (χ1n) is 12.4. The molecule has 0 N–H and O–H groups in total. The molecule has 1 saturated heterocycles. The summed E-state index contributed by atoms with van der Waals surface area (Å²) < 4.78 is 17.2. The third-order valence-electron chi connectivity index (χ3n) is 9.11.